The summed E-state index contributed by atoms with van der Waals surface area (Å²) in [6.07, 6.45) is 2.29. The molecule has 1 N–H and O–H groups in total. The molecule has 2 saturated heterocycles. The number of pyridine rings is 1. The first-order valence-corrected chi connectivity index (χ1v) is 16.0. The molecule has 3 aliphatic heterocycles. The van der Waals surface area contributed by atoms with Gasteiger partial charge in [0.1, 0.15) is 22.8 Å². The summed E-state index contributed by atoms with van der Waals surface area (Å²) in [6, 6.07) is 22.1. The lowest BCUT2D eigenvalue weighted by molar-refractivity contribution is -0.164. The fraction of sp³-hybridized carbons (Fsp3) is 0.286. The van der Waals surface area contributed by atoms with E-state index in [2.05, 4.69) is 10.3 Å². The molecule has 46 heavy (non-hydrogen) atoms. The van der Waals surface area contributed by atoms with Crippen LogP contribution in [0.3, 0.4) is 0 Å². The van der Waals surface area contributed by atoms with Gasteiger partial charge in [0.05, 0.1) is 0 Å². The SMILES string of the molecule is CC(C)(C)OC(=O)N[C@@H]1C(=O)N2[C@@H](C(=O)OC(c3ccccc3)c3ccccc3)C(/C=C3\CCN(c4ccccn4)C3=O)=CS[C@H]12. The number of anilines is 1. The second-order valence-electron chi connectivity index (χ2n) is 12.1. The van der Waals surface area contributed by atoms with E-state index in [9.17, 15) is 19.2 Å². The van der Waals surface area contributed by atoms with Gasteiger partial charge in [-0.15, -0.1) is 11.8 Å². The number of β-lactam (4-membered cyclic amide) rings is 1. The minimum absolute atomic E-state index is 0.218. The number of rotatable bonds is 7. The summed E-state index contributed by atoms with van der Waals surface area (Å²) in [6.45, 7) is 5.65. The maximum Gasteiger partial charge on any atom is 0.408 e. The predicted molar refractivity (Wildman–Crippen MR) is 173 cm³/mol. The molecule has 10 nitrogen and oxygen atoms in total. The Balaban J connectivity index is 1.31. The molecule has 4 heterocycles. The number of fused-ring (bicyclic) bond motifs is 1. The van der Waals surface area contributed by atoms with Gasteiger partial charge in [-0.05, 0) is 67.5 Å². The lowest BCUT2D eigenvalue weighted by atomic mass is 9.95. The maximum atomic E-state index is 14.2. The fourth-order valence-corrected chi connectivity index (χ4v) is 6.85. The van der Waals surface area contributed by atoms with E-state index in [1.165, 1.54) is 16.7 Å². The molecule has 3 aromatic rings. The first kappa shape index (κ1) is 31.1. The molecule has 2 fully saturated rings. The van der Waals surface area contributed by atoms with Gasteiger partial charge in [0, 0.05) is 18.3 Å². The minimum Gasteiger partial charge on any atom is -0.451 e. The number of alkyl carbamates (subject to hydrolysis) is 1. The highest BCUT2D eigenvalue weighted by molar-refractivity contribution is 8.03. The lowest BCUT2D eigenvalue weighted by Crippen LogP contribution is -2.74. The fourth-order valence-electron chi connectivity index (χ4n) is 5.65. The van der Waals surface area contributed by atoms with E-state index in [1.54, 1.807) is 55.5 Å². The predicted octanol–water partition coefficient (Wildman–Crippen LogP) is 5.14. The summed E-state index contributed by atoms with van der Waals surface area (Å²) in [5.74, 6) is -0.772. The number of hydrogen-bond acceptors (Lipinski definition) is 8. The highest BCUT2D eigenvalue weighted by Crippen LogP contribution is 2.42. The zero-order chi connectivity index (χ0) is 32.4. The van der Waals surface area contributed by atoms with Crippen LogP contribution in [-0.4, -0.2) is 63.4 Å². The third kappa shape index (κ3) is 6.41. The Morgan fingerprint density at radius 3 is 2.24 bits per heavy atom. The molecule has 2 aromatic carbocycles. The van der Waals surface area contributed by atoms with Gasteiger partial charge in [0.25, 0.3) is 5.91 Å². The lowest BCUT2D eigenvalue weighted by Gasteiger charge is -2.51. The molecule has 3 atom stereocenters. The highest BCUT2D eigenvalue weighted by Gasteiger charge is 2.56. The van der Waals surface area contributed by atoms with Crippen LogP contribution >= 0.6 is 11.8 Å². The molecule has 0 bridgehead atoms. The number of nitrogens with zero attached hydrogens (tertiary/aromatic N) is 3. The molecule has 3 amide bonds. The van der Waals surface area contributed by atoms with E-state index in [-0.39, 0.29) is 5.91 Å². The maximum absolute atomic E-state index is 14.2. The Morgan fingerprint density at radius 1 is 0.978 bits per heavy atom. The number of esters is 1. The van der Waals surface area contributed by atoms with Gasteiger partial charge in [0.15, 0.2) is 12.1 Å². The summed E-state index contributed by atoms with van der Waals surface area (Å²) in [4.78, 5) is 61.2. The Hall–Kier alpha value is -4.90. The summed E-state index contributed by atoms with van der Waals surface area (Å²) in [5, 5.41) is 3.85. The average Bonchev–Trinajstić information content (AvgIpc) is 3.41. The average molecular weight is 639 g/mol. The topological polar surface area (TPSA) is 118 Å². The monoisotopic (exact) mass is 638 g/mol. The van der Waals surface area contributed by atoms with Gasteiger partial charge in [-0.3, -0.25) is 14.5 Å². The number of aromatic nitrogens is 1. The normalized spacial score (nSPS) is 21.9. The van der Waals surface area contributed by atoms with Gasteiger partial charge in [0.2, 0.25) is 5.91 Å². The molecule has 0 saturated carbocycles. The molecule has 0 unspecified atom stereocenters. The standard InChI is InChI=1S/C35H34N4O6S/c1-35(2,3)45-34(43)37-27-31(41)39-28(33(42)44-29(22-12-6-4-7-13-22)23-14-8-5-9-15-23)25(21-46-32(27)39)20-24-17-19-38(30(24)40)26-16-10-11-18-36-26/h4-16,18,20-21,27-29,32H,17,19H2,1-3H3,(H,37,43)/b24-20+/t27-,28-,32-/m1/s1. The van der Waals surface area contributed by atoms with Crippen molar-refractivity contribution in [2.24, 2.45) is 0 Å². The van der Waals surface area contributed by atoms with Gasteiger partial charge in [-0.2, -0.15) is 0 Å². The zero-order valence-corrected chi connectivity index (χ0v) is 26.5. The number of carbonyl (C=O) groups is 4. The van der Waals surface area contributed by atoms with Crippen molar-refractivity contribution >= 4 is 41.5 Å². The van der Waals surface area contributed by atoms with Crippen molar-refractivity contribution in [3.63, 3.8) is 0 Å². The van der Waals surface area contributed by atoms with E-state index >= 15 is 0 Å². The Labute approximate surface area is 271 Å². The number of amides is 3. The number of hydrogen-bond donors (Lipinski definition) is 1. The molecular weight excluding hydrogens is 604 g/mol. The Morgan fingerprint density at radius 2 is 1.63 bits per heavy atom. The first-order valence-electron chi connectivity index (χ1n) is 15.0. The molecule has 6 rings (SSSR count). The molecule has 1 aromatic heterocycles. The molecular formula is C35H34N4O6S. The third-order valence-electron chi connectivity index (χ3n) is 7.74. The van der Waals surface area contributed by atoms with Gasteiger partial charge in [-0.1, -0.05) is 66.7 Å². The van der Waals surface area contributed by atoms with Gasteiger partial charge < -0.3 is 19.7 Å². The highest BCUT2D eigenvalue weighted by atomic mass is 32.2. The Kier molecular flexibility index (Phi) is 8.68. The minimum atomic E-state index is -1.14. The van der Waals surface area contributed by atoms with Gasteiger partial charge >= 0.3 is 12.1 Å². The number of ether oxygens (including phenoxy) is 2. The molecule has 11 heteroatoms. The van der Waals surface area contributed by atoms with Crippen molar-refractivity contribution in [2.45, 2.75) is 56.4 Å². The van der Waals surface area contributed by atoms with Gasteiger partial charge in [-0.25, -0.2) is 14.6 Å². The van der Waals surface area contributed by atoms with Crippen LogP contribution in [0.2, 0.25) is 0 Å². The van der Waals surface area contributed by atoms with Crippen LogP contribution in [0.5, 0.6) is 0 Å². The largest absolute Gasteiger partial charge is 0.451 e. The van der Waals surface area contributed by atoms with Crippen molar-refractivity contribution in [1.29, 1.82) is 0 Å². The number of thioether (sulfide) groups is 1. The van der Waals surface area contributed by atoms with Crippen molar-refractivity contribution in [3.8, 4) is 0 Å². The second kappa shape index (κ2) is 12.8. The summed E-state index contributed by atoms with van der Waals surface area (Å²) in [5.41, 5.74) is 1.74. The van der Waals surface area contributed by atoms with E-state index in [0.717, 1.165) is 11.1 Å². The molecule has 0 radical (unpaired) electrons. The Bertz CT molecular complexity index is 1650. The molecule has 0 aliphatic carbocycles. The van der Waals surface area contributed by atoms with Crippen molar-refractivity contribution < 1.29 is 28.7 Å². The van der Waals surface area contributed by atoms with E-state index in [1.807, 2.05) is 66.7 Å². The second-order valence-corrected chi connectivity index (χ2v) is 13.1. The molecule has 3 aliphatic rings. The quantitative estimate of drug-likeness (QED) is 0.215. The zero-order valence-electron chi connectivity index (χ0n) is 25.7. The van der Waals surface area contributed by atoms with Crippen LogP contribution in [0.15, 0.2) is 108 Å². The number of carbonyl (C=O) groups excluding carboxylic acids is 4. The number of benzene rings is 2. The van der Waals surface area contributed by atoms with E-state index in [0.29, 0.717) is 29.9 Å². The van der Waals surface area contributed by atoms with Crippen molar-refractivity contribution in [3.05, 3.63) is 119 Å². The number of nitrogens with one attached hydrogen (secondary N) is 1. The van der Waals surface area contributed by atoms with Crippen LogP contribution in [-0.2, 0) is 23.9 Å². The smallest absolute Gasteiger partial charge is 0.408 e. The summed E-state index contributed by atoms with van der Waals surface area (Å²) >= 11 is 1.29. The molecule has 0 spiro atoms. The van der Waals surface area contributed by atoms with Crippen LogP contribution < -0.4 is 10.2 Å². The van der Waals surface area contributed by atoms with Crippen LogP contribution in [0, 0.1) is 0 Å². The summed E-state index contributed by atoms with van der Waals surface area (Å²) in [7, 11) is 0. The van der Waals surface area contributed by atoms with Crippen molar-refractivity contribution in [2.75, 3.05) is 11.4 Å². The van der Waals surface area contributed by atoms with E-state index < -0.39 is 47.1 Å². The first-order chi connectivity index (χ1) is 22.1. The van der Waals surface area contributed by atoms with Crippen molar-refractivity contribution in [1.82, 2.24) is 15.2 Å². The third-order valence-corrected chi connectivity index (χ3v) is 8.93. The summed E-state index contributed by atoms with van der Waals surface area (Å²) < 4.78 is 11.6. The van der Waals surface area contributed by atoms with Crippen LogP contribution in [0.4, 0.5) is 10.6 Å². The van der Waals surface area contributed by atoms with Crippen LogP contribution in [0.25, 0.3) is 0 Å². The van der Waals surface area contributed by atoms with E-state index in [4.69, 9.17) is 9.47 Å². The van der Waals surface area contributed by atoms with Crippen LogP contribution in [0.1, 0.15) is 44.4 Å². The molecule has 236 valence electrons.